The molecule has 68 heavy (non-hydrogen) atoms. The molecule has 2 aromatic carbocycles. The predicted octanol–water partition coefficient (Wildman–Crippen LogP) is 1.58. The molecule has 2 saturated heterocycles. The number of alkyl carbamates (subject to hydrolysis) is 1. The first-order valence-corrected chi connectivity index (χ1v) is 21.3. The minimum absolute atomic E-state index is 0.152. The van der Waals surface area contributed by atoms with Crippen LogP contribution in [0, 0.1) is 0 Å². The zero-order valence-electron chi connectivity index (χ0n) is 38.4. The fourth-order valence-electron chi connectivity index (χ4n) is 8.16. The fourth-order valence-corrected chi connectivity index (χ4v) is 8.16. The Bertz CT molecular complexity index is 2170. The summed E-state index contributed by atoms with van der Waals surface area (Å²) in [6, 6.07) is 11.8. The van der Waals surface area contributed by atoms with Gasteiger partial charge in [-0.1, -0.05) is 48.5 Å². The minimum atomic E-state index is -1.84. The van der Waals surface area contributed by atoms with Gasteiger partial charge in [-0.2, -0.15) is 0 Å². The van der Waals surface area contributed by atoms with Crippen LogP contribution >= 0.6 is 0 Å². The number of carbonyl (C=O) groups is 9. The average molecular weight is 959 g/mol. The number of fused-ring (bicyclic) bond motifs is 3. The van der Waals surface area contributed by atoms with Crippen LogP contribution in [0.4, 0.5) is 4.79 Å². The van der Waals surface area contributed by atoms with Gasteiger partial charge in [-0.3, -0.25) is 33.6 Å². The number of hydrogen-bond donors (Lipinski definition) is 3. The van der Waals surface area contributed by atoms with Crippen molar-refractivity contribution >= 4 is 53.8 Å². The topological polar surface area (TPSA) is 299 Å². The van der Waals surface area contributed by atoms with Crippen molar-refractivity contribution in [2.24, 2.45) is 0 Å². The lowest BCUT2D eigenvalue weighted by Crippen LogP contribution is -2.68. The van der Waals surface area contributed by atoms with Crippen LogP contribution in [0.2, 0.25) is 0 Å². The number of carboxylic acids is 1. The van der Waals surface area contributed by atoms with Crippen molar-refractivity contribution in [2.45, 2.75) is 135 Å². The van der Waals surface area contributed by atoms with E-state index in [1.807, 2.05) is 48.5 Å². The Morgan fingerprint density at radius 3 is 1.56 bits per heavy atom. The molecule has 2 aliphatic heterocycles. The van der Waals surface area contributed by atoms with Gasteiger partial charge in [-0.05, 0) is 29.2 Å². The number of ether oxygens (including phenoxy) is 11. The highest BCUT2D eigenvalue weighted by Gasteiger charge is 2.55. The highest BCUT2D eigenvalue weighted by atomic mass is 16.8. The van der Waals surface area contributed by atoms with Crippen LogP contribution in [-0.4, -0.2) is 152 Å². The third-order valence-corrected chi connectivity index (χ3v) is 10.7. The van der Waals surface area contributed by atoms with Crippen LogP contribution in [0.1, 0.15) is 72.4 Å². The number of carboxylic acid groups (broad SMARTS) is 1. The quantitative estimate of drug-likeness (QED) is 0.141. The molecule has 23 heteroatoms. The Morgan fingerprint density at radius 1 is 0.574 bits per heavy atom. The fraction of sp³-hybridized carbons (Fsp3) is 0.533. The lowest BCUT2D eigenvalue weighted by atomic mass is 9.95. The van der Waals surface area contributed by atoms with E-state index in [-0.39, 0.29) is 12.5 Å². The van der Waals surface area contributed by atoms with E-state index in [1.54, 1.807) is 0 Å². The number of amides is 2. The highest BCUT2D eigenvalue weighted by Crippen LogP contribution is 2.44. The van der Waals surface area contributed by atoms with E-state index in [1.165, 1.54) is 6.92 Å². The van der Waals surface area contributed by atoms with Gasteiger partial charge < -0.3 is 67.8 Å². The summed E-state index contributed by atoms with van der Waals surface area (Å²) in [5.41, 5.74) is 3.75. The molecule has 0 radical (unpaired) electrons. The Labute approximate surface area is 389 Å². The molecule has 3 aliphatic rings. The van der Waals surface area contributed by atoms with Crippen molar-refractivity contribution in [3.8, 4) is 11.1 Å². The first-order valence-electron chi connectivity index (χ1n) is 21.3. The maximum Gasteiger partial charge on any atom is 0.407 e. The van der Waals surface area contributed by atoms with Gasteiger partial charge in [-0.15, -0.1) is 0 Å². The maximum absolute atomic E-state index is 13.3. The maximum atomic E-state index is 13.3. The van der Waals surface area contributed by atoms with Crippen molar-refractivity contribution in [1.82, 2.24) is 10.6 Å². The zero-order chi connectivity index (χ0) is 50.0. The largest absolute Gasteiger partial charge is 0.480 e. The number of benzene rings is 2. The number of rotatable bonds is 18. The van der Waals surface area contributed by atoms with Gasteiger partial charge in [0.2, 0.25) is 5.91 Å². The second-order valence-corrected chi connectivity index (χ2v) is 15.9. The van der Waals surface area contributed by atoms with E-state index in [2.05, 4.69) is 10.6 Å². The van der Waals surface area contributed by atoms with Gasteiger partial charge in [0.05, 0.1) is 12.7 Å². The molecular formula is C45H54N2O21. The number of esters is 6. The van der Waals surface area contributed by atoms with Crippen molar-refractivity contribution < 1.29 is 100 Å². The summed E-state index contributed by atoms with van der Waals surface area (Å²) < 4.78 is 62.7. The van der Waals surface area contributed by atoms with E-state index >= 15 is 0 Å². The lowest BCUT2D eigenvalue weighted by Gasteiger charge is -2.47. The van der Waals surface area contributed by atoms with Gasteiger partial charge in [0.1, 0.15) is 31.5 Å². The van der Waals surface area contributed by atoms with Gasteiger partial charge in [-0.25, -0.2) is 9.59 Å². The Morgan fingerprint density at radius 2 is 1.04 bits per heavy atom. The van der Waals surface area contributed by atoms with Crippen LogP contribution in [0.3, 0.4) is 0 Å². The summed E-state index contributed by atoms with van der Waals surface area (Å²) in [5, 5.41) is 15.2. The molecule has 3 N–H and O–H groups in total. The number of carbonyl (C=O) groups excluding carboxylic acids is 8. The molecule has 1 aliphatic carbocycles. The molecule has 2 aromatic rings. The molecule has 0 spiro atoms. The van der Waals surface area contributed by atoms with Crippen LogP contribution in [0.15, 0.2) is 48.5 Å². The summed E-state index contributed by atoms with van der Waals surface area (Å²) in [4.78, 5) is 113. The van der Waals surface area contributed by atoms with Gasteiger partial charge in [0.15, 0.2) is 49.1 Å². The molecule has 0 saturated carbocycles. The van der Waals surface area contributed by atoms with Gasteiger partial charge in [0.25, 0.3) is 0 Å². The number of hydrogen-bond acceptors (Lipinski definition) is 20. The van der Waals surface area contributed by atoms with Crippen LogP contribution in [0.5, 0.6) is 0 Å². The van der Waals surface area contributed by atoms with E-state index in [0.29, 0.717) is 0 Å². The summed E-state index contributed by atoms with van der Waals surface area (Å²) in [6.07, 6.45) is -17.3. The Kier molecular flexibility index (Phi) is 18.0. The smallest absolute Gasteiger partial charge is 0.407 e. The third-order valence-electron chi connectivity index (χ3n) is 10.7. The van der Waals surface area contributed by atoms with Crippen molar-refractivity contribution in [3.63, 3.8) is 0 Å². The predicted molar refractivity (Wildman–Crippen MR) is 225 cm³/mol. The molecule has 5 rings (SSSR count). The van der Waals surface area contributed by atoms with Crippen LogP contribution in [0.25, 0.3) is 11.1 Å². The number of nitrogens with one attached hydrogen (secondary N) is 2. The lowest BCUT2D eigenvalue weighted by molar-refractivity contribution is -0.327. The first kappa shape index (κ1) is 52.3. The highest BCUT2D eigenvalue weighted by molar-refractivity contribution is 5.81. The Hall–Kier alpha value is -6.69. The molecule has 0 aromatic heterocycles. The molecule has 2 amide bonds. The van der Waals surface area contributed by atoms with Crippen molar-refractivity contribution in [1.29, 1.82) is 0 Å². The molecule has 370 valence electrons. The molecule has 2 heterocycles. The second kappa shape index (κ2) is 23.4. The first-order chi connectivity index (χ1) is 32.1. The van der Waals surface area contributed by atoms with Gasteiger partial charge >= 0.3 is 47.9 Å². The summed E-state index contributed by atoms with van der Waals surface area (Å²) in [6.45, 7) is 7.05. The molecule has 23 nitrogen and oxygen atoms in total. The Balaban J connectivity index is 1.43. The zero-order valence-corrected chi connectivity index (χ0v) is 38.4. The van der Waals surface area contributed by atoms with Gasteiger partial charge in [0, 0.05) is 54.4 Å². The van der Waals surface area contributed by atoms with Crippen LogP contribution < -0.4 is 10.6 Å². The molecular weight excluding hydrogens is 904 g/mol. The molecule has 12 atom stereocenters. The molecule has 0 unspecified atom stereocenters. The SMILES string of the molecule is CC(=O)N[C@H]1[C@@H](O[C@H](C)[C@H](NC(=O)OCC2c3ccccc3-c3ccccc32)C(=O)O)O[C@H](CO[C@@H]2O[C@H](COC(C)=O)[C@H](OC(C)=O)[C@H](OC(C)=O)[C@H]2OC(C)=O)[C@H](OC(C)=O)[C@@H]1OC(C)=O. The summed E-state index contributed by atoms with van der Waals surface area (Å²) >= 11 is 0. The number of aliphatic carboxylic acids is 1. The third kappa shape index (κ3) is 13.5. The standard InChI is InChI=1S/C45H54N2O21/c1-20(35(42(55)56)47-45(57)60-17-32-30-15-11-9-13-28(30)29-14-10-12-16-31(29)32)61-43-36(46-21(2)48)39(64-25(6)52)37(62-23(4)50)34(67-43)19-59-44-41(66-27(8)54)40(65-26(7)53)38(63-24(5)51)33(68-44)18-58-22(3)49/h9-16,20,32-41,43-44H,17-19H2,1-8H3,(H,46,48)(H,47,57)(H,55,56)/t20-,33-,34-,35+,36-,37+,38+,39-,40+,41-,43+,44-/m1/s1. The monoisotopic (exact) mass is 958 g/mol. The molecule has 2 fully saturated rings. The van der Waals surface area contributed by atoms with Crippen LogP contribution in [-0.2, 0) is 90.5 Å². The van der Waals surface area contributed by atoms with E-state index in [4.69, 9.17) is 52.1 Å². The second-order valence-electron chi connectivity index (χ2n) is 15.9. The normalized spacial score (nSPS) is 25.9. The average Bonchev–Trinajstić information content (AvgIpc) is 3.56. The minimum Gasteiger partial charge on any atom is -0.480 e. The van der Waals surface area contributed by atoms with Crippen molar-refractivity contribution in [2.75, 3.05) is 19.8 Å². The summed E-state index contributed by atoms with van der Waals surface area (Å²) in [5.74, 6) is -8.03. The molecule has 0 bridgehead atoms. The van der Waals surface area contributed by atoms with Crippen molar-refractivity contribution in [3.05, 3.63) is 59.7 Å². The summed E-state index contributed by atoms with van der Waals surface area (Å²) in [7, 11) is 0. The van der Waals surface area contributed by atoms with E-state index < -0.39 is 140 Å². The van der Waals surface area contributed by atoms with E-state index in [9.17, 15) is 48.3 Å². The van der Waals surface area contributed by atoms with E-state index in [0.717, 1.165) is 70.7 Å².